The van der Waals surface area contributed by atoms with Gasteiger partial charge in [-0.25, -0.2) is 5.10 Å². The second kappa shape index (κ2) is 7.31. The minimum atomic E-state index is -0.573. The van der Waals surface area contributed by atoms with Gasteiger partial charge in [-0.1, -0.05) is 76.2 Å². The summed E-state index contributed by atoms with van der Waals surface area (Å²) < 4.78 is 6.83. The Hall–Kier alpha value is -2.28. The van der Waals surface area contributed by atoms with Gasteiger partial charge in [-0.3, -0.25) is 4.68 Å². The van der Waals surface area contributed by atoms with Crippen molar-refractivity contribution in [2.75, 3.05) is 0 Å². The zero-order chi connectivity index (χ0) is 17.1. The van der Waals surface area contributed by atoms with E-state index >= 15 is 0 Å². The first-order chi connectivity index (χ1) is 12.3. The Morgan fingerprint density at radius 3 is 2.40 bits per heavy atom. The van der Waals surface area contributed by atoms with Gasteiger partial charge in [0.2, 0.25) is 0 Å². The first-order valence-electron chi connectivity index (χ1n) is 8.13. The fraction of sp³-hybridized carbons (Fsp3) is 0.158. The summed E-state index contributed by atoms with van der Waals surface area (Å²) in [6.07, 6.45) is 2.98. The van der Waals surface area contributed by atoms with Crippen molar-refractivity contribution < 1.29 is 0 Å². The van der Waals surface area contributed by atoms with Crippen LogP contribution in [0.2, 0.25) is 0 Å². The van der Waals surface area contributed by atoms with E-state index in [1.54, 1.807) is 0 Å². The highest BCUT2D eigenvalue weighted by Crippen LogP contribution is 2.45. The Morgan fingerprint density at radius 2 is 1.68 bits per heavy atom. The van der Waals surface area contributed by atoms with Gasteiger partial charge in [0.25, 0.3) is 0 Å². The zero-order valence-corrected chi connectivity index (χ0v) is 15.7. The van der Waals surface area contributed by atoms with Gasteiger partial charge >= 0.3 is 0 Å². The van der Waals surface area contributed by atoms with E-state index in [0.29, 0.717) is 0 Å². The molecule has 6 heteroatoms. The second-order valence-corrected chi connectivity index (χ2v) is 9.45. The van der Waals surface area contributed by atoms with Gasteiger partial charge in [-0.05, 0) is 28.3 Å². The molecular formula is C19H18N4P2. The molecule has 124 valence electrons. The van der Waals surface area contributed by atoms with Crippen molar-refractivity contribution in [3.63, 3.8) is 0 Å². The summed E-state index contributed by atoms with van der Waals surface area (Å²) in [4.78, 5) is 0. The molecule has 25 heavy (non-hydrogen) atoms. The molecule has 0 spiro atoms. The van der Waals surface area contributed by atoms with Crippen molar-refractivity contribution in [3.05, 3.63) is 83.8 Å². The van der Waals surface area contributed by atoms with Gasteiger partial charge in [0.15, 0.2) is 0 Å². The summed E-state index contributed by atoms with van der Waals surface area (Å²) in [5.41, 5.74) is 3.46. The summed E-state index contributed by atoms with van der Waals surface area (Å²) in [5, 5.41) is 9.80. The highest BCUT2D eigenvalue weighted by atomic mass is 31.1. The lowest BCUT2D eigenvalue weighted by molar-refractivity contribution is 0.650. The van der Waals surface area contributed by atoms with Crippen molar-refractivity contribution in [2.45, 2.75) is 12.7 Å². The van der Waals surface area contributed by atoms with Crippen molar-refractivity contribution in [2.24, 2.45) is 6.66 Å². The van der Waals surface area contributed by atoms with Crippen molar-refractivity contribution in [1.82, 2.24) is 19.5 Å². The molecule has 0 aliphatic carbocycles. The lowest BCUT2D eigenvalue weighted by atomic mass is 10.2. The van der Waals surface area contributed by atoms with E-state index in [2.05, 4.69) is 59.2 Å². The fourth-order valence-electron chi connectivity index (χ4n) is 2.73. The van der Waals surface area contributed by atoms with Crippen LogP contribution in [0.15, 0.2) is 66.9 Å². The first-order valence-corrected chi connectivity index (χ1v) is 11.3. The molecule has 4 aromatic rings. The largest absolute Gasteiger partial charge is 0.267 e. The van der Waals surface area contributed by atoms with Crippen LogP contribution in [-0.4, -0.2) is 19.5 Å². The SMILES string of the molecule is Cp1n[p+](Cc2ccccc2)[c-]c1-c1cn(Cc2ccccc2)nn1. The quantitative estimate of drug-likeness (QED) is 0.467. The van der Waals surface area contributed by atoms with E-state index in [-0.39, 0.29) is 0 Å². The molecule has 0 saturated carbocycles. The van der Waals surface area contributed by atoms with Crippen LogP contribution in [0.25, 0.3) is 11.0 Å². The van der Waals surface area contributed by atoms with Gasteiger partial charge in [0.05, 0.1) is 19.4 Å². The number of hydrogen-bond acceptors (Lipinski definition) is 3. The Kier molecular flexibility index (Phi) is 4.74. The van der Waals surface area contributed by atoms with Crippen LogP contribution in [0.3, 0.4) is 0 Å². The highest BCUT2D eigenvalue weighted by molar-refractivity contribution is 7.59. The molecule has 0 fully saturated rings. The summed E-state index contributed by atoms with van der Waals surface area (Å²) in [5.74, 6) is 3.61. The number of nitrogens with zero attached hydrogens (tertiary/aromatic N) is 4. The molecule has 4 rings (SSSR count). The molecule has 2 unspecified atom stereocenters. The Morgan fingerprint density at radius 1 is 1.00 bits per heavy atom. The van der Waals surface area contributed by atoms with E-state index in [1.807, 2.05) is 35.1 Å². The molecule has 0 aliphatic heterocycles. The summed E-state index contributed by atoms with van der Waals surface area (Å²) >= 11 is 0. The van der Waals surface area contributed by atoms with Crippen molar-refractivity contribution in [1.29, 1.82) is 0 Å². The van der Waals surface area contributed by atoms with Gasteiger partial charge in [0.1, 0.15) is 7.69 Å². The molecule has 0 radical (unpaired) electrons. The maximum Gasteiger partial charge on any atom is 0.102 e. The maximum absolute atomic E-state index is 4.94. The zero-order valence-electron chi connectivity index (χ0n) is 13.9. The second-order valence-electron chi connectivity index (χ2n) is 5.90. The van der Waals surface area contributed by atoms with E-state index in [9.17, 15) is 0 Å². The average molecular weight is 364 g/mol. The van der Waals surface area contributed by atoms with Crippen LogP contribution in [0.1, 0.15) is 11.1 Å². The third-order valence-corrected chi connectivity index (χ3v) is 8.19. The van der Waals surface area contributed by atoms with Crippen LogP contribution in [-0.2, 0) is 19.4 Å². The normalized spacial score (nSPS) is 12.4. The number of rotatable bonds is 5. The summed E-state index contributed by atoms with van der Waals surface area (Å²) in [7, 11) is -1.12. The minimum absolute atomic E-state index is 0.543. The standard InChI is InChI=1S/C19H18N4P2/c1-24-19(15-25(22-24)14-17-10-6-3-7-11-17)18-13-23(21-20-18)12-16-8-4-2-5-9-16/h2-11,13H,12,14H2,1H3. The van der Waals surface area contributed by atoms with Gasteiger partial charge in [0, 0.05) is 7.69 Å². The van der Waals surface area contributed by atoms with Crippen LogP contribution >= 0.6 is 15.4 Å². The fourth-order valence-corrected chi connectivity index (χ4v) is 7.17. The van der Waals surface area contributed by atoms with Gasteiger partial charge in [-0.15, -0.1) is 0 Å². The average Bonchev–Trinajstić information content (AvgIpc) is 3.23. The number of benzene rings is 2. The van der Waals surface area contributed by atoms with E-state index in [0.717, 1.165) is 23.7 Å². The maximum atomic E-state index is 4.94. The van der Waals surface area contributed by atoms with Crippen LogP contribution in [0.5, 0.6) is 0 Å². The molecule has 0 bridgehead atoms. The molecule has 0 amide bonds. The number of aryl methyl sites for hydroxylation is 1. The smallest absolute Gasteiger partial charge is 0.102 e. The molecule has 2 heterocycles. The molecular weight excluding hydrogens is 346 g/mol. The van der Waals surface area contributed by atoms with Gasteiger partial charge in [-0.2, -0.15) is 0 Å². The van der Waals surface area contributed by atoms with Crippen molar-refractivity contribution in [3.8, 4) is 11.0 Å². The van der Waals surface area contributed by atoms with Gasteiger partial charge < -0.3 is 0 Å². The lowest BCUT2D eigenvalue weighted by Crippen LogP contribution is -1.99. The molecule has 2 aromatic heterocycles. The predicted molar refractivity (Wildman–Crippen MR) is 104 cm³/mol. The molecule has 2 atom stereocenters. The number of hydrogen-bond donors (Lipinski definition) is 0. The molecule has 0 saturated heterocycles. The summed E-state index contributed by atoms with van der Waals surface area (Å²) in [6, 6.07) is 20.8. The molecule has 4 nitrogen and oxygen atoms in total. The van der Waals surface area contributed by atoms with E-state index in [4.69, 9.17) is 4.51 Å². The first kappa shape index (κ1) is 16.2. The molecule has 2 aromatic carbocycles. The number of aromatic nitrogens is 4. The molecule has 0 N–H and O–H groups in total. The van der Waals surface area contributed by atoms with Crippen molar-refractivity contribution >= 4 is 15.4 Å². The van der Waals surface area contributed by atoms with E-state index in [1.165, 1.54) is 11.1 Å². The molecule has 0 aliphatic rings. The third kappa shape index (κ3) is 3.87. The lowest BCUT2D eigenvalue weighted by Gasteiger charge is -2.01. The highest BCUT2D eigenvalue weighted by Gasteiger charge is 2.11. The summed E-state index contributed by atoms with van der Waals surface area (Å²) in [6.45, 7) is 2.92. The van der Waals surface area contributed by atoms with Crippen LogP contribution < -0.4 is 0 Å². The Bertz CT molecular complexity index is 962. The Balaban J connectivity index is 1.54. The van der Waals surface area contributed by atoms with Crippen LogP contribution in [0, 0.1) is 5.80 Å². The van der Waals surface area contributed by atoms with Crippen LogP contribution in [0.4, 0.5) is 0 Å². The predicted octanol–water partition coefficient (Wildman–Crippen LogP) is 5.03. The Labute approximate surface area is 149 Å². The third-order valence-electron chi connectivity index (χ3n) is 3.94. The minimum Gasteiger partial charge on any atom is -0.267 e. The monoisotopic (exact) mass is 364 g/mol. The topological polar surface area (TPSA) is 43.6 Å². The van der Waals surface area contributed by atoms with E-state index < -0.39 is 15.4 Å².